The van der Waals surface area contributed by atoms with Gasteiger partial charge < -0.3 is 5.73 Å². The monoisotopic (exact) mass is 241 g/mol. The van der Waals surface area contributed by atoms with Crippen LogP contribution in [0.1, 0.15) is 42.1 Å². The molecule has 1 heterocycles. The van der Waals surface area contributed by atoms with Crippen LogP contribution in [0, 0.1) is 0 Å². The summed E-state index contributed by atoms with van der Waals surface area (Å²) in [5.74, 6) is 0.696. The number of nitrogens with two attached hydrogens (primary N) is 1. The third-order valence-electron chi connectivity index (χ3n) is 3.77. The molecule has 18 heavy (non-hydrogen) atoms. The number of hydrogen-bond donors (Lipinski definition) is 1. The van der Waals surface area contributed by atoms with E-state index in [9.17, 15) is 0 Å². The van der Waals surface area contributed by atoms with Crippen molar-refractivity contribution in [1.82, 2.24) is 9.78 Å². The van der Waals surface area contributed by atoms with Crippen molar-refractivity contribution < 1.29 is 0 Å². The maximum absolute atomic E-state index is 5.71. The molecule has 0 atom stereocenters. The summed E-state index contributed by atoms with van der Waals surface area (Å²) in [4.78, 5) is 0. The maximum Gasteiger partial charge on any atom is 0.0763 e. The third-order valence-corrected chi connectivity index (χ3v) is 3.77. The molecule has 2 aromatic rings. The standard InChI is InChI=1S/C15H19N3/c16-10-14-9-15(13-7-4-8-13)18(17-14)11-12-5-2-1-3-6-12/h1-3,5-6,9,13H,4,7-8,10-11,16H2. The first kappa shape index (κ1) is 11.5. The number of rotatable bonds is 4. The lowest BCUT2D eigenvalue weighted by molar-refractivity contribution is 0.392. The fraction of sp³-hybridized carbons (Fsp3) is 0.400. The minimum absolute atomic E-state index is 0.529. The highest BCUT2D eigenvalue weighted by Gasteiger charge is 2.24. The Balaban J connectivity index is 1.87. The Hall–Kier alpha value is -1.61. The fourth-order valence-corrected chi connectivity index (χ4v) is 2.50. The first-order valence-corrected chi connectivity index (χ1v) is 6.67. The van der Waals surface area contributed by atoms with Crippen LogP contribution in [0.4, 0.5) is 0 Å². The second-order valence-corrected chi connectivity index (χ2v) is 5.04. The number of hydrogen-bond acceptors (Lipinski definition) is 2. The zero-order valence-corrected chi connectivity index (χ0v) is 10.5. The molecule has 0 amide bonds. The van der Waals surface area contributed by atoms with E-state index in [1.807, 2.05) is 6.07 Å². The Morgan fingerprint density at radius 1 is 1.22 bits per heavy atom. The lowest BCUT2D eigenvalue weighted by Crippen LogP contribution is -2.15. The van der Waals surface area contributed by atoms with Gasteiger partial charge in [0.1, 0.15) is 0 Å². The second-order valence-electron chi connectivity index (χ2n) is 5.04. The molecule has 0 unspecified atom stereocenters. The first-order valence-electron chi connectivity index (χ1n) is 6.67. The van der Waals surface area contributed by atoms with Crippen LogP contribution in [-0.2, 0) is 13.1 Å². The highest BCUT2D eigenvalue weighted by Crippen LogP contribution is 2.36. The van der Waals surface area contributed by atoms with E-state index in [0.717, 1.165) is 12.2 Å². The second kappa shape index (κ2) is 4.94. The zero-order valence-electron chi connectivity index (χ0n) is 10.5. The molecular formula is C15H19N3. The molecule has 3 nitrogen and oxygen atoms in total. The summed E-state index contributed by atoms with van der Waals surface area (Å²) < 4.78 is 2.14. The first-order chi connectivity index (χ1) is 8.86. The average Bonchev–Trinajstić information content (AvgIpc) is 2.72. The summed E-state index contributed by atoms with van der Waals surface area (Å²) in [6.07, 6.45) is 3.94. The molecule has 3 rings (SSSR count). The van der Waals surface area contributed by atoms with Gasteiger partial charge in [-0.3, -0.25) is 4.68 Å². The van der Waals surface area contributed by atoms with Gasteiger partial charge in [-0.05, 0) is 24.5 Å². The molecule has 2 N–H and O–H groups in total. The summed E-state index contributed by atoms with van der Waals surface area (Å²) in [6.45, 7) is 1.38. The third kappa shape index (κ3) is 2.18. The molecule has 1 aromatic heterocycles. The van der Waals surface area contributed by atoms with Gasteiger partial charge in [-0.25, -0.2) is 0 Å². The Morgan fingerprint density at radius 2 is 2.00 bits per heavy atom. The Bertz CT molecular complexity index is 512. The fourth-order valence-electron chi connectivity index (χ4n) is 2.50. The number of benzene rings is 1. The lowest BCUT2D eigenvalue weighted by atomic mass is 9.83. The Kier molecular flexibility index (Phi) is 3.15. The molecule has 94 valence electrons. The normalized spacial score (nSPS) is 15.6. The molecule has 0 radical (unpaired) electrons. The van der Waals surface area contributed by atoms with E-state index in [2.05, 4.69) is 40.1 Å². The van der Waals surface area contributed by atoms with Crippen LogP contribution in [0.15, 0.2) is 36.4 Å². The van der Waals surface area contributed by atoms with Crippen molar-refractivity contribution in [3.63, 3.8) is 0 Å². The summed E-state index contributed by atoms with van der Waals surface area (Å²) >= 11 is 0. The summed E-state index contributed by atoms with van der Waals surface area (Å²) in [5.41, 5.74) is 9.38. The van der Waals surface area contributed by atoms with Crippen LogP contribution >= 0.6 is 0 Å². The van der Waals surface area contributed by atoms with Crippen LogP contribution in [0.2, 0.25) is 0 Å². The van der Waals surface area contributed by atoms with Crippen molar-refractivity contribution in [3.05, 3.63) is 53.3 Å². The van der Waals surface area contributed by atoms with Gasteiger partial charge in [-0.2, -0.15) is 5.10 Å². The van der Waals surface area contributed by atoms with Crippen LogP contribution in [0.5, 0.6) is 0 Å². The minimum atomic E-state index is 0.529. The van der Waals surface area contributed by atoms with Crippen LogP contribution < -0.4 is 5.73 Å². The van der Waals surface area contributed by atoms with Crippen molar-refractivity contribution in [2.45, 2.75) is 38.3 Å². The van der Waals surface area contributed by atoms with Gasteiger partial charge in [-0.15, -0.1) is 0 Å². The molecule has 0 bridgehead atoms. The van der Waals surface area contributed by atoms with Gasteiger partial charge in [0.2, 0.25) is 0 Å². The number of aromatic nitrogens is 2. The molecule has 0 saturated heterocycles. The predicted octanol–water partition coefficient (Wildman–Crippen LogP) is 2.66. The lowest BCUT2D eigenvalue weighted by Gasteiger charge is -2.26. The summed E-state index contributed by atoms with van der Waals surface area (Å²) in [5, 5.41) is 4.62. The van der Waals surface area contributed by atoms with Crippen LogP contribution in [-0.4, -0.2) is 9.78 Å². The predicted molar refractivity (Wildman–Crippen MR) is 72.3 cm³/mol. The Morgan fingerprint density at radius 3 is 2.61 bits per heavy atom. The van der Waals surface area contributed by atoms with Gasteiger partial charge in [0.15, 0.2) is 0 Å². The molecule has 3 heteroatoms. The summed E-state index contributed by atoms with van der Waals surface area (Å²) in [7, 11) is 0. The molecule has 0 aliphatic heterocycles. The quantitative estimate of drug-likeness (QED) is 0.894. The van der Waals surface area contributed by atoms with E-state index in [1.165, 1.54) is 30.5 Å². The van der Waals surface area contributed by atoms with Crippen molar-refractivity contribution in [2.24, 2.45) is 5.73 Å². The number of nitrogens with zero attached hydrogens (tertiary/aromatic N) is 2. The van der Waals surface area contributed by atoms with Gasteiger partial charge in [0, 0.05) is 18.2 Å². The molecule has 1 aliphatic rings. The van der Waals surface area contributed by atoms with Gasteiger partial charge in [-0.1, -0.05) is 36.8 Å². The highest BCUT2D eigenvalue weighted by molar-refractivity contribution is 5.20. The maximum atomic E-state index is 5.71. The van der Waals surface area contributed by atoms with Crippen molar-refractivity contribution >= 4 is 0 Å². The van der Waals surface area contributed by atoms with Crippen LogP contribution in [0.25, 0.3) is 0 Å². The highest BCUT2D eigenvalue weighted by atomic mass is 15.3. The molecular weight excluding hydrogens is 222 g/mol. The summed E-state index contributed by atoms with van der Waals surface area (Å²) in [6, 6.07) is 12.7. The van der Waals surface area contributed by atoms with Crippen molar-refractivity contribution in [3.8, 4) is 0 Å². The van der Waals surface area contributed by atoms with Crippen molar-refractivity contribution in [1.29, 1.82) is 0 Å². The molecule has 1 aromatic carbocycles. The molecule has 1 aliphatic carbocycles. The van der Waals surface area contributed by atoms with E-state index in [1.54, 1.807) is 0 Å². The van der Waals surface area contributed by atoms with E-state index < -0.39 is 0 Å². The molecule has 1 fully saturated rings. The minimum Gasteiger partial charge on any atom is -0.325 e. The van der Waals surface area contributed by atoms with Crippen LogP contribution in [0.3, 0.4) is 0 Å². The van der Waals surface area contributed by atoms with Gasteiger partial charge >= 0.3 is 0 Å². The topological polar surface area (TPSA) is 43.8 Å². The Labute approximate surface area is 108 Å². The smallest absolute Gasteiger partial charge is 0.0763 e. The SMILES string of the molecule is NCc1cc(C2CCC2)n(Cc2ccccc2)n1. The van der Waals surface area contributed by atoms with Crippen molar-refractivity contribution in [2.75, 3.05) is 0 Å². The zero-order chi connectivity index (χ0) is 12.4. The molecule has 1 saturated carbocycles. The molecule has 0 spiro atoms. The van der Waals surface area contributed by atoms with Gasteiger partial charge in [0.25, 0.3) is 0 Å². The van der Waals surface area contributed by atoms with E-state index in [-0.39, 0.29) is 0 Å². The van der Waals surface area contributed by atoms with E-state index in [0.29, 0.717) is 12.5 Å². The van der Waals surface area contributed by atoms with E-state index >= 15 is 0 Å². The van der Waals surface area contributed by atoms with Gasteiger partial charge in [0.05, 0.1) is 12.2 Å². The van der Waals surface area contributed by atoms with E-state index in [4.69, 9.17) is 5.73 Å². The largest absolute Gasteiger partial charge is 0.325 e. The average molecular weight is 241 g/mol.